The zero-order chi connectivity index (χ0) is 15.0. The SMILES string of the molecule is CCCCCCC(C)(CCCC)n1c(=O)cc[nH]c1=O. The lowest BCUT2D eigenvalue weighted by atomic mass is 9.88. The average molecular weight is 280 g/mol. The van der Waals surface area contributed by atoms with Gasteiger partial charge in [-0.05, 0) is 19.8 Å². The highest BCUT2D eigenvalue weighted by molar-refractivity contribution is 4.92. The molecule has 4 nitrogen and oxygen atoms in total. The van der Waals surface area contributed by atoms with Gasteiger partial charge in [-0.25, -0.2) is 4.79 Å². The van der Waals surface area contributed by atoms with Crippen LogP contribution in [0.15, 0.2) is 21.9 Å². The van der Waals surface area contributed by atoms with Crippen molar-refractivity contribution in [3.63, 3.8) is 0 Å². The monoisotopic (exact) mass is 280 g/mol. The number of nitrogens with one attached hydrogen (secondary N) is 1. The Labute approximate surface area is 121 Å². The number of aromatic amines is 1. The van der Waals surface area contributed by atoms with E-state index in [1.54, 1.807) is 0 Å². The molecule has 1 heterocycles. The van der Waals surface area contributed by atoms with E-state index in [1.807, 2.05) is 6.92 Å². The minimum atomic E-state index is -0.365. The van der Waals surface area contributed by atoms with E-state index < -0.39 is 0 Å². The van der Waals surface area contributed by atoms with Crippen LogP contribution in [0.5, 0.6) is 0 Å². The summed E-state index contributed by atoms with van der Waals surface area (Å²) in [4.78, 5) is 26.8. The van der Waals surface area contributed by atoms with Gasteiger partial charge in [-0.2, -0.15) is 0 Å². The summed E-state index contributed by atoms with van der Waals surface area (Å²) in [5.74, 6) is 0. The van der Waals surface area contributed by atoms with E-state index in [0.717, 1.165) is 38.5 Å². The summed E-state index contributed by atoms with van der Waals surface area (Å²) >= 11 is 0. The Morgan fingerprint density at radius 3 is 2.30 bits per heavy atom. The first kappa shape index (κ1) is 16.7. The molecule has 0 aliphatic carbocycles. The number of rotatable bonds is 9. The first-order chi connectivity index (χ1) is 9.55. The molecular formula is C16H28N2O2. The first-order valence-electron chi connectivity index (χ1n) is 7.86. The summed E-state index contributed by atoms with van der Waals surface area (Å²) in [6, 6.07) is 1.44. The van der Waals surface area contributed by atoms with Crippen LogP contribution in [-0.2, 0) is 5.54 Å². The van der Waals surface area contributed by atoms with E-state index in [4.69, 9.17) is 0 Å². The smallest absolute Gasteiger partial charge is 0.314 e. The van der Waals surface area contributed by atoms with E-state index in [2.05, 4.69) is 18.8 Å². The van der Waals surface area contributed by atoms with Gasteiger partial charge in [-0.15, -0.1) is 0 Å². The standard InChI is InChI=1S/C16H28N2O2/c1-4-6-8-9-12-16(3,11-7-5-2)18-14(19)10-13-17-15(18)20/h10,13H,4-9,11-12H2,1-3H3,(H,17,20). The fourth-order valence-corrected chi connectivity index (χ4v) is 2.77. The molecule has 114 valence electrons. The van der Waals surface area contributed by atoms with Gasteiger partial charge in [0.25, 0.3) is 5.56 Å². The third kappa shape index (κ3) is 4.36. The van der Waals surface area contributed by atoms with Crippen molar-refractivity contribution in [2.45, 2.75) is 77.7 Å². The Kier molecular flexibility index (Phi) is 6.76. The molecule has 0 aliphatic rings. The molecule has 0 amide bonds. The minimum absolute atomic E-state index is 0.192. The number of unbranched alkanes of at least 4 members (excludes halogenated alkanes) is 4. The van der Waals surface area contributed by atoms with Crippen LogP contribution in [0, 0.1) is 0 Å². The van der Waals surface area contributed by atoms with Crippen LogP contribution in [0.2, 0.25) is 0 Å². The maximum absolute atomic E-state index is 12.1. The Bertz CT molecular complexity index is 475. The molecule has 1 aromatic rings. The van der Waals surface area contributed by atoms with E-state index in [9.17, 15) is 9.59 Å². The Morgan fingerprint density at radius 2 is 1.70 bits per heavy atom. The fraction of sp³-hybridized carbons (Fsp3) is 0.750. The predicted molar refractivity (Wildman–Crippen MR) is 83.3 cm³/mol. The Hall–Kier alpha value is -1.32. The lowest BCUT2D eigenvalue weighted by molar-refractivity contribution is 0.236. The topological polar surface area (TPSA) is 54.9 Å². The van der Waals surface area contributed by atoms with Gasteiger partial charge in [-0.3, -0.25) is 9.36 Å². The first-order valence-corrected chi connectivity index (χ1v) is 7.86. The van der Waals surface area contributed by atoms with E-state index in [1.165, 1.54) is 29.7 Å². The van der Waals surface area contributed by atoms with Crippen molar-refractivity contribution in [2.75, 3.05) is 0 Å². The molecule has 0 saturated carbocycles. The van der Waals surface area contributed by atoms with Gasteiger partial charge in [0.1, 0.15) is 0 Å². The predicted octanol–water partition coefficient (Wildman–Crippen LogP) is 3.41. The van der Waals surface area contributed by atoms with Crippen LogP contribution in [0.1, 0.15) is 72.1 Å². The second kappa shape index (κ2) is 8.08. The van der Waals surface area contributed by atoms with E-state index in [0.29, 0.717) is 0 Å². The lowest BCUT2D eigenvalue weighted by Crippen LogP contribution is -2.47. The van der Waals surface area contributed by atoms with Gasteiger partial charge in [0.2, 0.25) is 0 Å². The molecule has 0 bridgehead atoms. The Morgan fingerprint density at radius 1 is 1.05 bits per heavy atom. The lowest BCUT2D eigenvalue weighted by Gasteiger charge is -2.31. The normalized spacial score (nSPS) is 14.2. The molecule has 20 heavy (non-hydrogen) atoms. The minimum Gasteiger partial charge on any atom is -0.314 e. The summed E-state index contributed by atoms with van der Waals surface area (Å²) < 4.78 is 1.43. The third-order valence-corrected chi connectivity index (χ3v) is 4.03. The molecule has 4 heteroatoms. The van der Waals surface area contributed by atoms with Gasteiger partial charge in [-0.1, -0.05) is 52.4 Å². The van der Waals surface area contributed by atoms with Crippen LogP contribution in [0.4, 0.5) is 0 Å². The molecular weight excluding hydrogens is 252 g/mol. The second-order valence-electron chi connectivity index (χ2n) is 5.87. The maximum Gasteiger partial charge on any atom is 0.328 e. The molecule has 1 unspecified atom stereocenters. The number of aromatic nitrogens is 2. The highest BCUT2D eigenvalue weighted by Crippen LogP contribution is 2.27. The molecule has 1 N–H and O–H groups in total. The van der Waals surface area contributed by atoms with Crippen molar-refractivity contribution in [3.8, 4) is 0 Å². The Balaban J connectivity index is 2.98. The van der Waals surface area contributed by atoms with Gasteiger partial charge in [0.15, 0.2) is 0 Å². The third-order valence-electron chi connectivity index (χ3n) is 4.03. The molecule has 0 aromatic carbocycles. The molecule has 1 aromatic heterocycles. The molecule has 0 aliphatic heterocycles. The highest BCUT2D eigenvalue weighted by Gasteiger charge is 2.28. The summed E-state index contributed by atoms with van der Waals surface area (Å²) in [5, 5.41) is 0. The molecule has 0 fully saturated rings. The van der Waals surface area contributed by atoms with Crippen LogP contribution in [0.3, 0.4) is 0 Å². The zero-order valence-electron chi connectivity index (χ0n) is 13.1. The fourth-order valence-electron chi connectivity index (χ4n) is 2.77. The highest BCUT2D eigenvalue weighted by atomic mass is 16.2. The molecule has 1 rings (SSSR count). The number of hydrogen-bond donors (Lipinski definition) is 1. The van der Waals surface area contributed by atoms with Crippen molar-refractivity contribution in [3.05, 3.63) is 33.1 Å². The summed E-state index contributed by atoms with van der Waals surface area (Å²) in [7, 11) is 0. The molecule has 0 saturated heterocycles. The number of nitrogens with zero attached hydrogens (tertiary/aromatic N) is 1. The zero-order valence-corrected chi connectivity index (χ0v) is 13.1. The second-order valence-corrected chi connectivity index (χ2v) is 5.87. The van der Waals surface area contributed by atoms with E-state index >= 15 is 0 Å². The molecule has 1 atom stereocenters. The molecule has 0 radical (unpaired) electrons. The van der Waals surface area contributed by atoms with Crippen LogP contribution < -0.4 is 11.2 Å². The van der Waals surface area contributed by atoms with E-state index in [-0.39, 0.29) is 16.8 Å². The quantitative estimate of drug-likeness (QED) is 0.705. The average Bonchev–Trinajstić information content (AvgIpc) is 2.41. The van der Waals surface area contributed by atoms with Crippen LogP contribution >= 0.6 is 0 Å². The van der Waals surface area contributed by atoms with Crippen LogP contribution in [-0.4, -0.2) is 9.55 Å². The number of hydrogen-bond acceptors (Lipinski definition) is 2. The van der Waals surface area contributed by atoms with Gasteiger partial charge < -0.3 is 4.98 Å². The maximum atomic E-state index is 12.1. The van der Waals surface area contributed by atoms with Crippen molar-refractivity contribution in [2.24, 2.45) is 0 Å². The summed E-state index contributed by atoms with van der Waals surface area (Å²) in [5.41, 5.74) is -0.843. The molecule has 0 spiro atoms. The summed E-state index contributed by atoms with van der Waals surface area (Å²) in [6.07, 6.45) is 9.93. The van der Waals surface area contributed by atoms with Crippen molar-refractivity contribution in [1.82, 2.24) is 9.55 Å². The van der Waals surface area contributed by atoms with Crippen molar-refractivity contribution in [1.29, 1.82) is 0 Å². The largest absolute Gasteiger partial charge is 0.328 e. The van der Waals surface area contributed by atoms with Gasteiger partial charge in [0, 0.05) is 17.8 Å². The van der Waals surface area contributed by atoms with Gasteiger partial charge in [0.05, 0.1) is 0 Å². The van der Waals surface area contributed by atoms with Crippen LogP contribution in [0.25, 0.3) is 0 Å². The summed E-state index contributed by atoms with van der Waals surface area (Å²) in [6.45, 7) is 6.36. The number of H-pyrrole nitrogens is 1. The van der Waals surface area contributed by atoms with Gasteiger partial charge >= 0.3 is 5.69 Å². The van der Waals surface area contributed by atoms with Crippen molar-refractivity contribution < 1.29 is 0 Å². The van der Waals surface area contributed by atoms with Crippen molar-refractivity contribution >= 4 is 0 Å².